The van der Waals surface area contributed by atoms with Crippen LogP contribution in [0.15, 0.2) is 48.0 Å². The summed E-state index contributed by atoms with van der Waals surface area (Å²) in [4.78, 5) is 16.4. The third-order valence-corrected chi connectivity index (χ3v) is 4.09. The fourth-order valence-corrected chi connectivity index (χ4v) is 2.80. The molecule has 0 aliphatic rings. The van der Waals surface area contributed by atoms with E-state index >= 15 is 0 Å². The van der Waals surface area contributed by atoms with E-state index in [1.54, 1.807) is 16.8 Å². The average Bonchev–Trinajstić information content (AvgIpc) is 2.93. The molecule has 0 bridgehead atoms. The summed E-state index contributed by atoms with van der Waals surface area (Å²) in [5.41, 5.74) is 5.73. The van der Waals surface area contributed by atoms with Crippen LogP contribution in [0.4, 0.5) is 0 Å². The second-order valence-electron chi connectivity index (χ2n) is 4.64. The highest BCUT2D eigenvalue weighted by Gasteiger charge is 2.07. The summed E-state index contributed by atoms with van der Waals surface area (Å²) >= 11 is 1.54. The normalized spacial score (nSPS) is 10.7. The van der Waals surface area contributed by atoms with Crippen molar-refractivity contribution in [1.82, 2.24) is 10.3 Å². The molecule has 0 atom stereocenters. The lowest BCUT2D eigenvalue weighted by molar-refractivity contribution is 0.0951. The maximum absolute atomic E-state index is 12.2. The number of aromatic nitrogens is 1. The van der Waals surface area contributed by atoms with Gasteiger partial charge in [0.05, 0.1) is 15.7 Å². The largest absolute Gasteiger partial charge is 0.348 e. The van der Waals surface area contributed by atoms with Crippen LogP contribution in [0.5, 0.6) is 0 Å². The van der Waals surface area contributed by atoms with Gasteiger partial charge in [0.1, 0.15) is 0 Å². The molecule has 0 spiro atoms. The topological polar surface area (TPSA) is 42.0 Å². The number of rotatable bonds is 3. The Hall–Kier alpha value is -2.20. The predicted molar refractivity (Wildman–Crippen MR) is 82.0 cm³/mol. The van der Waals surface area contributed by atoms with E-state index in [9.17, 15) is 4.79 Å². The van der Waals surface area contributed by atoms with Gasteiger partial charge in [0, 0.05) is 12.1 Å². The van der Waals surface area contributed by atoms with Crippen molar-refractivity contribution in [2.24, 2.45) is 0 Å². The van der Waals surface area contributed by atoms with E-state index in [0.717, 1.165) is 15.8 Å². The van der Waals surface area contributed by atoms with Crippen LogP contribution in [0.25, 0.3) is 10.2 Å². The molecule has 4 heteroatoms. The Balaban J connectivity index is 1.74. The number of carbonyl (C=O) groups is 1. The number of benzene rings is 2. The van der Waals surface area contributed by atoms with Gasteiger partial charge in [-0.25, -0.2) is 4.98 Å². The first-order valence-electron chi connectivity index (χ1n) is 6.40. The summed E-state index contributed by atoms with van der Waals surface area (Å²) in [7, 11) is 0. The first kappa shape index (κ1) is 12.8. The van der Waals surface area contributed by atoms with Gasteiger partial charge in [-0.3, -0.25) is 4.79 Å². The van der Waals surface area contributed by atoms with E-state index in [2.05, 4.69) is 10.3 Å². The molecule has 0 saturated carbocycles. The van der Waals surface area contributed by atoms with Crippen LogP contribution < -0.4 is 5.32 Å². The second-order valence-corrected chi connectivity index (χ2v) is 5.53. The van der Waals surface area contributed by atoms with Crippen molar-refractivity contribution in [3.63, 3.8) is 0 Å². The number of aryl methyl sites for hydroxylation is 1. The molecule has 1 heterocycles. The summed E-state index contributed by atoms with van der Waals surface area (Å²) in [6, 6.07) is 13.6. The van der Waals surface area contributed by atoms with Crippen molar-refractivity contribution < 1.29 is 4.79 Å². The van der Waals surface area contributed by atoms with Gasteiger partial charge in [-0.05, 0) is 36.2 Å². The standard InChI is InChI=1S/C16H14N2OS/c1-11-4-2-3-5-13(11)9-17-16(19)12-6-7-14-15(8-12)20-10-18-14/h2-8,10H,9H2,1H3,(H,17,19). The summed E-state index contributed by atoms with van der Waals surface area (Å²) in [6.07, 6.45) is 0. The summed E-state index contributed by atoms with van der Waals surface area (Å²) < 4.78 is 1.04. The van der Waals surface area contributed by atoms with Crippen molar-refractivity contribution in [3.8, 4) is 0 Å². The highest BCUT2D eigenvalue weighted by Crippen LogP contribution is 2.19. The summed E-state index contributed by atoms with van der Waals surface area (Å²) in [5, 5.41) is 2.96. The van der Waals surface area contributed by atoms with Gasteiger partial charge in [0.25, 0.3) is 5.91 Å². The Labute approximate surface area is 121 Å². The SMILES string of the molecule is Cc1ccccc1CNC(=O)c1ccc2ncsc2c1. The van der Waals surface area contributed by atoms with Crippen molar-refractivity contribution in [2.75, 3.05) is 0 Å². The van der Waals surface area contributed by atoms with Crippen molar-refractivity contribution in [1.29, 1.82) is 0 Å². The van der Waals surface area contributed by atoms with Crippen LogP contribution in [-0.2, 0) is 6.54 Å². The van der Waals surface area contributed by atoms with E-state index in [4.69, 9.17) is 0 Å². The molecule has 1 N–H and O–H groups in total. The lowest BCUT2D eigenvalue weighted by Crippen LogP contribution is -2.23. The molecule has 3 rings (SSSR count). The minimum absolute atomic E-state index is 0.0523. The number of amides is 1. The molecule has 3 aromatic rings. The van der Waals surface area contributed by atoms with Gasteiger partial charge < -0.3 is 5.32 Å². The Kier molecular flexibility index (Phi) is 3.48. The van der Waals surface area contributed by atoms with E-state index in [0.29, 0.717) is 12.1 Å². The van der Waals surface area contributed by atoms with Crippen LogP contribution in [0.1, 0.15) is 21.5 Å². The maximum atomic E-state index is 12.2. The molecule has 0 unspecified atom stereocenters. The molecule has 20 heavy (non-hydrogen) atoms. The molecular formula is C16H14N2OS. The lowest BCUT2D eigenvalue weighted by Gasteiger charge is -2.07. The van der Waals surface area contributed by atoms with E-state index in [1.807, 2.05) is 49.4 Å². The van der Waals surface area contributed by atoms with E-state index < -0.39 is 0 Å². The Morgan fingerprint density at radius 1 is 1.25 bits per heavy atom. The van der Waals surface area contributed by atoms with Gasteiger partial charge in [-0.2, -0.15) is 0 Å². The molecule has 1 aromatic heterocycles. The van der Waals surface area contributed by atoms with Gasteiger partial charge in [0.15, 0.2) is 0 Å². The van der Waals surface area contributed by atoms with Crippen molar-refractivity contribution >= 4 is 27.5 Å². The summed E-state index contributed by atoms with van der Waals surface area (Å²) in [5.74, 6) is -0.0523. The number of hydrogen-bond acceptors (Lipinski definition) is 3. The third kappa shape index (κ3) is 2.56. The number of nitrogens with zero attached hydrogens (tertiary/aromatic N) is 1. The smallest absolute Gasteiger partial charge is 0.251 e. The third-order valence-electron chi connectivity index (χ3n) is 3.29. The van der Waals surface area contributed by atoms with Crippen LogP contribution in [0.3, 0.4) is 0 Å². The molecule has 3 nitrogen and oxygen atoms in total. The fraction of sp³-hybridized carbons (Fsp3) is 0.125. The van der Waals surface area contributed by atoms with Crippen LogP contribution in [0, 0.1) is 6.92 Å². The zero-order chi connectivity index (χ0) is 13.9. The predicted octanol–water partition coefficient (Wildman–Crippen LogP) is 3.53. The molecule has 0 radical (unpaired) electrons. The molecule has 0 aliphatic carbocycles. The zero-order valence-electron chi connectivity index (χ0n) is 11.1. The Bertz CT molecular complexity index is 764. The number of carbonyl (C=O) groups excluding carboxylic acids is 1. The van der Waals surface area contributed by atoms with Gasteiger partial charge >= 0.3 is 0 Å². The van der Waals surface area contributed by atoms with Crippen LogP contribution in [0.2, 0.25) is 0 Å². The quantitative estimate of drug-likeness (QED) is 0.798. The average molecular weight is 282 g/mol. The number of thiazole rings is 1. The van der Waals surface area contributed by atoms with Crippen molar-refractivity contribution in [3.05, 3.63) is 64.7 Å². The monoisotopic (exact) mass is 282 g/mol. The van der Waals surface area contributed by atoms with E-state index in [1.165, 1.54) is 5.56 Å². The number of hydrogen-bond donors (Lipinski definition) is 1. The number of fused-ring (bicyclic) bond motifs is 1. The van der Waals surface area contributed by atoms with Gasteiger partial charge in [0.2, 0.25) is 0 Å². The maximum Gasteiger partial charge on any atom is 0.251 e. The highest BCUT2D eigenvalue weighted by atomic mass is 32.1. The first-order chi connectivity index (χ1) is 9.74. The summed E-state index contributed by atoms with van der Waals surface area (Å²) in [6.45, 7) is 2.59. The molecule has 1 amide bonds. The Morgan fingerprint density at radius 2 is 2.10 bits per heavy atom. The molecule has 100 valence electrons. The van der Waals surface area contributed by atoms with E-state index in [-0.39, 0.29) is 5.91 Å². The van der Waals surface area contributed by atoms with Crippen LogP contribution in [-0.4, -0.2) is 10.9 Å². The molecule has 2 aromatic carbocycles. The molecule has 0 aliphatic heterocycles. The minimum atomic E-state index is -0.0523. The van der Waals surface area contributed by atoms with Gasteiger partial charge in [-0.1, -0.05) is 24.3 Å². The molecular weight excluding hydrogens is 268 g/mol. The second kappa shape index (κ2) is 5.43. The van der Waals surface area contributed by atoms with Gasteiger partial charge in [-0.15, -0.1) is 11.3 Å². The Morgan fingerprint density at radius 3 is 2.95 bits per heavy atom. The molecule has 0 saturated heterocycles. The van der Waals surface area contributed by atoms with Crippen LogP contribution >= 0.6 is 11.3 Å². The zero-order valence-corrected chi connectivity index (χ0v) is 11.9. The fourth-order valence-electron chi connectivity index (χ4n) is 2.08. The lowest BCUT2D eigenvalue weighted by atomic mass is 10.1. The van der Waals surface area contributed by atoms with Crippen molar-refractivity contribution in [2.45, 2.75) is 13.5 Å². The number of nitrogens with one attached hydrogen (secondary N) is 1. The first-order valence-corrected chi connectivity index (χ1v) is 7.28. The minimum Gasteiger partial charge on any atom is -0.348 e. The molecule has 0 fully saturated rings. The highest BCUT2D eigenvalue weighted by molar-refractivity contribution is 7.16.